The van der Waals surface area contributed by atoms with E-state index in [-0.39, 0.29) is 46.7 Å². The van der Waals surface area contributed by atoms with Crippen molar-refractivity contribution in [1.82, 2.24) is 45.3 Å². The van der Waals surface area contributed by atoms with Gasteiger partial charge in [-0.05, 0) is 113 Å². The fourth-order valence-corrected chi connectivity index (χ4v) is 10.6. The number of likely N-dealkylation sites (tertiary alicyclic amines) is 3. The maximum atomic E-state index is 14.0. The molecule has 6 aliphatic rings. The molecule has 14 nitrogen and oxygen atoms in total. The molecule has 14 heteroatoms. The first kappa shape index (κ1) is 39.9. The van der Waals surface area contributed by atoms with Crippen LogP contribution in [-0.2, 0) is 25.2 Å². The number of nitrogens with one attached hydrogen (secondary N) is 4. The van der Waals surface area contributed by atoms with Crippen LogP contribution in [0.15, 0.2) is 36.7 Å². The SMILES string of the molecule is COC(=O)NC(C)C(=O)N1CCC[C@H]1c1ncc(C23CCC(c4ccc(-c5cnc([C@@H]6CCCN6C(=O)[C@H](NC(=O)N6CCCCC6)C(C)C)[nH]5)cc4)(CC2)CC3)[nH]1. The Morgan fingerprint density at radius 2 is 1.31 bits per heavy atom. The van der Waals surface area contributed by atoms with Crippen LogP contribution in [0.5, 0.6) is 0 Å². The predicted molar refractivity (Wildman–Crippen MR) is 219 cm³/mol. The van der Waals surface area contributed by atoms with Gasteiger partial charge in [-0.15, -0.1) is 0 Å². The quantitative estimate of drug-likeness (QED) is 0.179. The molecule has 1 unspecified atom stereocenters. The first-order valence-electron chi connectivity index (χ1n) is 21.7. The number of nitrogens with zero attached hydrogens (tertiary/aromatic N) is 5. The third-order valence-corrected chi connectivity index (χ3v) is 14.3. The molecule has 5 heterocycles. The number of H-pyrrole nitrogens is 2. The van der Waals surface area contributed by atoms with E-state index in [1.807, 2.05) is 40.9 Å². The highest BCUT2D eigenvalue weighted by Crippen LogP contribution is 2.58. The van der Waals surface area contributed by atoms with Gasteiger partial charge < -0.3 is 40.0 Å². The van der Waals surface area contributed by atoms with E-state index >= 15 is 0 Å². The molecule has 0 spiro atoms. The molecule has 4 N–H and O–H groups in total. The number of carbonyl (C=O) groups excluding carboxylic acids is 4. The summed E-state index contributed by atoms with van der Waals surface area (Å²) in [6.07, 6.45) is 16.5. The Bertz CT molecular complexity index is 1940. The van der Waals surface area contributed by atoms with E-state index in [1.165, 1.54) is 18.4 Å². The summed E-state index contributed by atoms with van der Waals surface area (Å²) in [6.45, 7) is 8.47. The van der Waals surface area contributed by atoms with Crippen LogP contribution >= 0.6 is 0 Å². The number of rotatable bonds is 10. The van der Waals surface area contributed by atoms with Crippen LogP contribution in [0.3, 0.4) is 0 Å². The molecule has 3 aliphatic carbocycles. The van der Waals surface area contributed by atoms with Gasteiger partial charge in [-0.2, -0.15) is 0 Å². The Hall–Kier alpha value is -4.88. The Labute approximate surface area is 341 Å². The predicted octanol–water partition coefficient (Wildman–Crippen LogP) is 6.64. The summed E-state index contributed by atoms with van der Waals surface area (Å²) < 4.78 is 4.70. The van der Waals surface area contributed by atoms with Crippen LogP contribution in [0.25, 0.3) is 11.3 Å². The smallest absolute Gasteiger partial charge is 0.407 e. The maximum Gasteiger partial charge on any atom is 0.407 e. The zero-order valence-electron chi connectivity index (χ0n) is 34.6. The van der Waals surface area contributed by atoms with Crippen molar-refractivity contribution in [2.75, 3.05) is 33.3 Å². The number of ether oxygens (including phenoxy) is 1. The minimum atomic E-state index is -0.675. The van der Waals surface area contributed by atoms with Gasteiger partial charge in [0.05, 0.1) is 31.1 Å². The molecule has 1 aromatic carbocycles. The van der Waals surface area contributed by atoms with Crippen molar-refractivity contribution in [3.05, 3.63) is 59.6 Å². The lowest BCUT2D eigenvalue weighted by Gasteiger charge is -2.53. The van der Waals surface area contributed by atoms with Gasteiger partial charge in [0.1, 0.15) is 23.7 Å². The standard InChI is InChI=1S/C44H61N9O5/c1-28(2)36(50-41(56)51-22-6-5-7-23-51)40(55)53-25-9-10-33(53)37-45-26-32(48-37)30-12-14-31(15-13-30)43-16-19-44(20-17-43,21-18-43)35-27-46-38(49-35)34-11-8-24-52(34)39(54)29(3)47-42(57)58-4/h12-15,26-29,33-34,36H,5-11,16-25H2,1-4H3,(H,45,48)(H,46,49)(H,47,57)(H,50,56)/t29?,33-,34-,36+,43?,44?/m0/s1. The number of benzene rings is 1. The lowest BCUT2D eigenvalue weighted by Crippen LogP contribution is -2.55. The monoisotopic (exact) mass is 795 g/mol. The number of alkyl carbamates (subject to hydrolysis) is 1. The van der Waals surface area contributed by atoms with Crippen molar-refractivity contribution in [2.24, 2.45) is 5.92 Å². The summed E-state index contributed by atoms with van der Waals surface area (Å²) in [5.41, 5.74) is 4.81. The molecule has 0 radical (unpaired) electrons. The van der Waals surface area contributed by atoms with Crippen molar-refractivity contribution in [1.29, 1.82) is 0 Å². The second kappa shape index (κ2) is 16.4. The maximum absolute atomic E-state index is 14.0. The molecule has 3 saturated heterocycles. The average Bonchev–Trinajstić information content (AvgIpc) is 4.10. The van der Waals surface area contributed by atoms with E-state index in [1.54, 1.807) is 6.92 Å². The van der Waals surface area contributed by atoms with Gasteiger partial charge in [0, 0.05) is 43.5 Å². The van der Waals surface area contributed by atoms with E-state index in [0.717, 1.165) is 119 Å². The summed E-state index contributed by atoms with van der Waals surface area (Å²) in [4.78, 5) is 74.6. The number of hydrogen-bond acceptors (Lipinski definition) is 7. The normalized spacial score (nSPS) is 26.8. The van der Waals surface area contributed by atoms with E-state index in [4.69, 9.17) is 14.7 Å². The summed E-state index contributed by atoms with van der Waals surface area (Å²) >= 11 is 0. The molecule has 312 valence electrons. The fraction of sp³-hybridized carbons (Fsp3) is 0.636. The summed E-state index contributed by atoms with van der Waals surface area (Å²) in [7, 11) is 1.30. The minimum absolute atomic E-state index is 0.0313. The Morgan fingerprint density at radius 3 is 1.93 bits per heavy atom. The zero-order valence-corrected chi connectivity index (χ0v) is 34.6. The Kier molecular flexibility index (Phi) is 11.3. The van der Waals surface area contributed by atoms with Crippen molar-refractivity contribution in [3.8, 4) is 11.3 Å². The van der Waals surface area contributed by atoms with E-state index < -0.39 is 18.2 Å². The molecule has 6 fully saturated rings. The molecule has 58 heavy (non-hydrogen) atoms. The van der Waals surface area contributed by atoms with Crippen molar-refractivity contribution < 1.29 is 23.9 Å². The third-order valence-electron chi connectivity index (χ3n) is 14.3. The summed E-state index contributed by atoms with van der Waals surface area (Å²) in [6, 6.07) is 7.34. The van der Waals surface area contributed by atoms with Crippen LogP contribution in [0.2, 0.25) is 0 Å². The highest BCUT2D eigenvalue weighted by Gasteiger charge is 2.51. The van der Waals surface area contributed by atoms with Gasteiger partial charge in [0.15, 0.2) is 0 Å². The number of imidazole rings is 2. The van der Waals surface area contributed by atoms with Crippen LogP contribution < -0.4 is 10.6 Å². The highest BCUT2D eigenvalue weighted by atomic mass is 16.5. The van der Waals surface area contributed by atoms with Crippen molar-refractivity contribution >= 4 is 23.9 Å². The van der Waals surface area contributed by atoms with Crippen LogP contribution in [-0.4, -0.2) is 104 Å². The largest absolute Gasteiger partial charge is 0.453 e. The number of amides is 5. The number of aromatic nitrogens is 4. The number of methoxy groups -OCH3 is 1. The molecule has 2 bridgehead atoms. The Balaban J connectivity index is 0.893. The van der Waals surface area contributed by atoms with Gasteiger partial charge >= 0.3 is 12.1 Å². The number of piperidine rings is 1. The second-order valence-corrected chi connectivity index (χ2v) is 18.0. The fourth-order valence-electron chi connectivity index (χ4n) is 10.6. The first-order chi connectivity index (χ1) is 28.0. The van der Waals surface area contributed by atoms with Gasteiger partial charge in [0.2, 0.25) is 11.8 Å². The minimum Gasteiger partial charge on any atom is -0.453 e. The summed E-state index contributed by atoms with van der Waals surface area (Å²) in [5, 5.41) is 5.69. The number of urea groups is 1. The topological polar surface area (TPSA) is 169 Å². The van der Waals surface area contributed by atoms with Crippen LogP contribution in [0.4, 0.5) is 9.59 Å². The first-order valence-corrected chi connectivity index (χ1v) is 21.7. The van der Waals surface area contributed by atoms with Crippen molar-refractivity contribution in [2.45, 2.75) is 139 Å². The zero-order chi connectivity index (χ0) is 40.6. The lowest BCUT2D eigenvalue weighted by molar-refractivity contribution is -0.135. The van der Waals surface area contributed by atoms with Crippen LogP contribution in [0.1, 0.15) is 139 Å². The van der Waals surface area contributed by atoms with Gasteiger partial charge in [0.25, 0.3) is 0 Å². The number of aromatic amines is 2. The molecule has 2 aromatic heterocycles. The molecule has 3 aromatic rings. The van der Waals surface area contributed by atoms with Crippen molar-refractivity contribution in [3.63, 3.8) is 0 Å². The van der Waals surface area contributed by atoms with Crippen LogP contribution in [0, 0.1) is 5.92 Å². The van der Waals surface area contributed by atoms with E-state index in [2.05, 4.69) is 44.9 Å². The molecule has 4 atom stereocenters. The molecule has 3 saturated carbocycles. The molecular formula is C44H61N9O5. The molecule has 5 amide bonds. The molecule has 9 rings (SSSR count). The molecule has 3 aliphatic heterocycles. The van der Waals surface area contributed by atoms with Gasteiger partial charge in [-0.25, -0.2) is 19.6 Å². The lowest BCUT2D eigenvalue weighted by atomic mass is 9.51. The highest BCUT2D eigenvalue weighted by molar-refractivity contribution is 5.88. The Morgan fingerprint density at radius 1 is 0.724 bits per heavy atom. The van der Waals surface area contributed by atoms with Gasteiger partial charge in [-0.1, -0.05) is 38.1 Å². The third kappa shape index (κ3) is 7.58. The number of fused-ring (bicyclic) bond motifs is 3. The van der Waals surface area contributed by atoms with E-state index in [9.17, 15) is 19.2 Å². The van der Waals surface area contributed by atoms with E-state index in [0.29, 0.717) is 13.1 Å². The molecular weight excluding hydrogens is 735 g/mol. The van der Waals surface area contributed by atoms with Gasteiger partial charge in [-0.3, -0.25) is 9.59 Å². The number of hydrogen-bond donors (Lipinski definition) is 4. The average molecular weight is 796 g/mol. The second-order valence-electron chi connectivity index (χ2n) is 18.0. The summed E-state index contributed by atoms with van der Waals surface area (Å²) in [5.74, 6) is 1.44. The number of carbonyl (C=O) groups is 4.